The number of anilines is 1. The van der Waals surface area contributed by atoms with Crippen LogP contribution in [0.3, 0.4) is 0 Å². The van der Waals surface area contributed by atoms with E-state index in [1.807, 2.05) is 0 Å². The van der Waals surface area contributed by atoms with Gasteiger partial charge in [0.05, 0.1) is 11.4 Å². The number of rotatable bonds is 2. The minimum atomic E-state index is 0.955. The zero-order chi connectivity index (χ0) is 15.9. The van der Waals surface area contributed by atoms with Gasteiger partial charge in [0.25, 0.3) is 0 Å². The van der Waals surface area contributed by atoms with Gasteiger partial charge in [0.15, 0.2) is 0 Å². The van der Waals surface area contributed by atoms with Crippen molar-refractivity contribution in [3.63, 3.8) is 0 Å². The van der Waals surface area contributed by atoms with Crippen molar-refractivity contribution in [3.8, 4) is 11.1 Å². The average molecular weight is 310 g/mol. The molecule has 5 rings (SSSR count). The second-order valence-corrected chi connectivity index (χ2v) is 6.42. The maximum Gasteiger partial charge on any atom is 0.0700 e. The first-order valence-corrected chi connectivity index (χ1v) is 8.51. The molecule has 3 aromatic rings. The summed E-state index contributed by atoms with van der Waals surface area (Å²) >= 11 is 0. The molecule has 2 heteroatoms. The molecule has 0 saturated heterocycles. The van der Waals surface area contributed by atoms with Crippen molar-refractivity contribution < 1.29 is 0 Å². The second kappa shape index (κ2) is 5.34. The normalized spacial score (nSPS) is 15.2. The zero-order valence-corrected chi connectivity index (χ0v) is 13.4. The SMILES string of the molecule is c1ccc(C2=NN(c3cccc4c3Cc3ccccc3-4)CC2)cc1. The Balaban J connectivity index is 1.55. The van der Waals surface area contributed by atoms with Gasteiger partial charge in [-0.05, 0) is 33.9 Å². The Morgan fingerprint density at radius 2 is 1.54 bits per heavy atom. The van der Waals surface area contributed by atoms with Crippen LogP contribution in [-0.4, -0.2) is 12.3 Å². The molecule has 3 aromatic carbocycles. The van der Waals surface area contributed by atoms with Crippen LogP contribution in [0.5, 0.6) is 0 Å². The summed E-state index contributed by atoms with van der Waals surface area (Å²) in [4.78, 5) is 0. The van der Waals surface area contributed by atoms with E-state index in [0.717, 1.165) is 19.4 Å². The Morgan fingerprint density at radius 3 is 2.46 bits per heavy atom. The maximum absolute atomic E-state index is 4.92. The van der Waals surface area contributed by atoms with Crippen LogP contribution in [0.15, 0.2) is 77.9 Å². The number of benzene rings is 3. The fraction of sp³-hybridized carbons (Fsp3) is 0.136. The standard InChI is InChI=1S/C22H18N2/c1-2-7-16(8-3-1)21-13-14-24(23-21)22-12-6-11-19-18-10-5-4-9-17(18)15-20(19)22/h1-12H,13-15H2. The molecule has 0 radical (unpaired) electrons. The lowest BCUT2D eigenvalue weighted by Gasteiger charge is -2.17. The fourth-order valence-corrected chi connectivity index (χ4v) is 3.85. The highest BCUT2D eigenvalue weighted by molar-refractivity contribution is 6.03. The van der Waals surface area contributed by atoms with Gasteiger partial charge >= 0.3 is 0 Å². The van der Waals surface area contributed by atoms with E-state index in [2.05, 4.69) is 77.8 Å². The third-order valence-electron chi connectivity index (χ3n) is 5.01. The highest BCUT2D eigenvalue weighted by atomic mass is 15.5. The van der Waals surface area contributed by atoms with Gasteiger partial charge in [0, 0.05) is 19.4 Å². The molecular weight excluding hydrogens is 292 g/mol. The summed E-state index contributed by atoms with van der Waals surface area (Å²) in [5, 5.41) is 7.11. The highest BCUT2D eigenvalue weighted by Crippen LogP contribution is 2.41. The van der Waals surface area contributed by atoms with Crippen LogP contribution in [0.1, 0.15) is 23.1 Å². The molecule has 24 heavy (non-hydrogen) atoms. The van der Waals surface area contributed by atoms with Crippen LogP contribution < -0.4 is 5.01 Å². The molecule has 1 heterocycles. The van der Waals surface area contributed by atoms with Crippen LogP contribution in [0.25, 0.3) is 11.1 Å². The fourth-order valence-electron chi connectivity index (χ4n) is 3.85. The molecule has 1 aliphatic carbocycles. The monoisotopic (exact) mass is 310 g/mol. The van der Waals surface area contributed by atoms with Crippen molar-refractivity contribution in [3.05, 3.63) is 89.5 Å². The molecule has 0 fully saturated rings. The van der Waals surface area contributed by atoms with Crippen molar-refractivity contribution in [2.24, 2.45) is 5.10 Å². The van der Waals surface area contributed by atoms with Crippen molar-refractivity contribution >= 4 is 11.4 Å². The van der Waals surface area contributed by atoms with Crippen molar-refractivity contribution in [2.75, 3.05) is 11.6 Å². The summed E-state index contributed by atoms with van der Waals surface area (Å²) < 4.78 is 0. The van der Waals surface area contributed by atoms with Crippen LogP contribution in [0, 0.1) is 0 Å². The molecule has 0 aromatic heterocycles. The lowest BCUT2D eigenvalue weighted by Crippen LogP contribution is -2.13. The number of hydrogen-bond donors (Lipinski definition) is 0. The van der Waals surface area contributed by atoms with Gasteiger partial charge in [-0.15, -0.1) is 0 Å². The summed E-state index contributed by atoms with van der Waals surface area (Å²) in [6.45, 7) is 0.955. The first kappa shape index (κ1) is 13.6. The van der Waals surface area contributed by atoms with Gasteiger partial charge in [-0.3, -0.25) is 5.01 Å². The lowest BCUT2D eigenvalue weighted by molar-refractivity contribution is 0.913. The molecule has 0 amide bonds. The van der Waals surface area contributed by atoms with Gasteiger partial charge in [-0.2, -0.15) is 5.10 Å². The van der Waals surface area contributed by atoms with Crippen LogP contribution >= 0.6 is 0 Å². The molecule has 0 atom stereocenters. The molecular formula is C22H18N2. The summed E-state index contributed by atoms with van der Waals surface area (Å²) in [6, 6.07) is 25.8. The van der Waals surface area contributed by atoms with E-state index in [1.165, 1.54) is 39.2 Å². The van der Waals surface area contributed by atoms with E-state index < -0.39 is 0 Å². The molecule has 0 bridgehead atoms. The molecule has 2 nitrogen and oxygen atoms in total. The van der Waals surface area contributed by atoms with Gasteiger partial charge in [0.1, 0.15) is 0 Å². The minimum absolute atomic E-state index is 0.955. The molecule has 1 aliphatic heterocycles. The zero-order valence-electron chi connectivity index (χ0n) is 13.4. The third kappa shape index (κ3) is 2.07. The molecule has 0 saturated carbocycles. The molecule has 2 aliphatic rings. The largest absolute Gasteiger partial charge is 0.265 e. The predicted molar refractivity (Wildman–Crippen MR) is 99.6 cm³/mol. The van der Waals surface area contributed by atoms with Crippen molar-refractivity contribution in [1.82, 2.24) is 0 Å². The lowest BCUT2D eigenvalue weighted by atomic mass is 10.0. The first-order chi connectivity index (χ1) is 11.9. The third-order valence-corrected chi connectivity index (χ3v) is 5.01. The van der Waals surface area contributed by atoms with Crippen molar-refractivity contribution in [2.45, 2.75) is 12.8 Å². The smallest absolute Gasteiger partial charge is 0.0700 e. The van der Waals surface area contributed by atoms with E-state index in [4.69, 9.17) is 5.10 Å². The number of hydrogen-bond acceptors (Lipinski definition) is 2. The van der Waals surface area contributed by atoms with Gasteiger partial charge in [0.2, 0.25) is 0 Å². The van der Waals surface area contributed by atoms with Crippen LogP contribution in [0.4, 0.5) is 5.69 Å². The van der Waals surface area contributed by atoms with E-state index in [0.29, 0.717) is 0 Å². The Kier molecular flexibility index (Phi) is 3.02. The summed E-state index contributed by atoms with van der Waals surface area (Å²) in [7, 11) is 0. The second-order valence-electron chi connectivity index (χ2n) is 6.42. The Bertz CT molecular complexity index is 941. The van der Waals surface area contributed by atoms with E-state index in [-0.39, 0.29) is 0 Å². The Hall–Kier alpha value is -2.87. The summed E-state index contributed by atoms with van der Waals surface area (Å²) in [5.41, 5.74) is 9.25. The summed E-state index contributed by atoms with van der Waals surface area (Å²) in [5.74, 6) is 0. The van der Waals surface area contributed by atoms with Crippen LogP contribution in [0.2, 0.25) is 0 Å². The summed E-state index contributed by atoms with van der Waals surface area (Å²) in [6.07, 6.45) is 2.01. The van der Waals surface area contributed by atoms with Crippen LogP contribution in [-0.2, 0) is 6.42 Å². The Morgan fingerprint density at radius 1 is 0.750 bits per heavy atom. The maximum atomic E-state index is 4.92. The molecule has 0 spiro atoms. The molecule has 116 valence electrons. The topological polar surface area (TPSA) is 15.6 Å². The minimum Gasteiger partial charge on any atom is -0.265 e. The average Bonchev–Trinajstić information content (AvgIpc) is 3.27. The number of fused-ring (bicyclic) bond motifs is 3. The van der Waals surface area contributed by atoms with E-state index >= 15 is 0 Å². The van der Waals surface area contributed by atoms with E-state index in [1.54, 1.807) is 0 Å². The Labute approximate surface area is 142 Å². The van der Waals surface area contributed by atoms with Crippen molar-refractivity contribution in [1.29, 1.82) is 0 Å². The number of hydrazone groups is 1. The number of nitrogens with zero attached hydrogens (tertiary/aromatic N) is 2. The quantitative estimate of drug-likeness (QED) is 0.515. The van der Waals surface area contributed by atoms with Gasteiger partial charge < -0.3 is 0 Å². The van der Waals surface area contributed by atoms with E-state index in [9.17, 15) is 0 Å². The molecule has 0 unspecified atom stereocenters. The first-order valence-electron chi connectivity index (χ1n) is 8.51. The molecule has 0 N–H and O–H groups in total. The predicted octanol–water partition coefficient (Wildman–Crippen LogP) is 4.87. The van der Waals surface area contributed by atoms with Gasteiger partial charge in [-0.1, -0.05) is 66.7 Å². The highest BCUT2D eigenvalue weighted by Gasteiger charge is 2.25. The van der Waals surface area contributed by atoms with Gasteiger partial charge in [-0.25, -0.2) is 0 Å².